The highest BCUT2D eigenvalue weighted by Gasteiger charge is 2.18. The molecule has 4 heterocycles. The third-order valence-electron chi connectivity index (χ3n) is 7.60. The van der Waals surface area contributed by atoms with Crippen LogP contribution in [0.5, 0.6) is 0 Å². The lowest BCUT2D eigenvalue weighted by molar-refractivity contribution is 0.722. The van der Waals surface area contributed by atoms with Gasteiger partial charge >= 0.3 is 0 Å². The zero-order chi connectivity index (χ0) is 27.9. The van der Waals surface area contributed by atoms with Gasteiger partial charge in [-0.15, -0.1) is 10.2 Å². The van der Waals surface area contributed by atoms with Gasteiger partial charge in [-0.2, -0.15) is 5.21 Å². The quantitative estimate of drug-likeness (QED) is 0.261. The normalized spacial score (nSPS) is 11.6. The second kappa shape index (κ2) is 10.1. The number of nitrogens with one attached hydrogen (secondary N) is 1. The van der Waals surface area contributed by atoms with E-state index in [1.54, 1.807) is 0 Å². The molecule has 0 fully saturated rings. The highest BCUT2D eigenvalue weighted by atomic mass is 15.5. The first-order valence-electron chi connectivity index (χ1n) is 13.8. The molecule has 3 aromatic carbocycles. The Morgan fingerprint density at radius 3 is 2.46 bits per heavy atom. The number of aromatic nitrogens is 9. The Hall–Kier alpha value is -5.18. The Kier molecular flexibility index (Phi) is 6.11. The average molecular weight is 540 g/mol. The number of aryl methyl sites for hydroxylation is 3. The van der Waals surface area contributed by atoms with E-state index in [-0.39, 0.29) is 0 Å². The second-order valence-electron chi connectivity index (χ2n) is 10.3. The molecule has 7 rings (SSSR count). The summed E-state index contributed by atoms with van der Waals surface area (Å²) in [5.74, 6) is 2.58. The minimum Gasteiger partial charge on any atom is -0.323 e. The molecule has 0 saturated heterocycles. The summed E-state index contributed by atoms with van der Waals surface area (Å²) in [6, 6.07) is 25.2. The van der Waals surface area contributed by atoms with Gasteiger partial charge in [-0.1, -0.05) is 55.5 Å². The lowest BCUT2D eigenvalue weighted by atomic mass is 9.98. The summed E-state index contributed by atoms with van der Waals surface area (Å²) >= 11 is 0. The van der Waals surface area contributed by atoms with Gasteiger partial charge < -0.3 is 9.13 Å². The molecule has 202 valence electrons. The van der Waals surface area contributed by atoms with Gasteiger partial charge in [-0.3, -0.25) is 0 Å². The van der Waals surface area contributed by atoms with E-state index >= 15 is 0 Å². The lowest BCUT2D eigenvalue weighted by Gasteiger charge is -2.12. The van der Waals surface area contributed by atoms with Crippen LogP contribution in [0.15, 0.2) is 79.0 Å². The first kappa shape index (κ1) is 24.8. The van der Waals surface area contributed by atoms with Crippen LogP contribution in [0.4, 0.5) is 0 Å². The van der Waals surface area contributed by atoms with Crippen LogP contribution < -0.4 is 0 Å². The van der Waals surface area contributed by atoms with E-state index in [9.17, 15) is 0 Å². The van der Waals surface area contributed by atoms with Crippen LogP contribution in [0.25, 0.3) is 56.1 Å². The predicted octanol–water partition coefficient (Wildman–Crippen LogP) is 6.14. The van der Waals surface area contributed by atoms with Crippen molar-refractivity contribution in [3.63, 3.8) is 0 Å². The maximum atomic E-state index is 5.10. The van der Waals surface area contributed by atoms with E-state index in [0.29, 0.717) is 5.82 Å². The van der Waals surface area contributed by atoms with Gasteiger partial charge in [0.25, 0.3) is 0 Å². The molecule has 0 radical (unpaired) electrons. The molecule has 4 aromatic heterocycles. The first-order chi connectivity index (χ1) is 20.1. The van der Waals surface area contributed by atoms with Crippen molar-refractivity contribution in [3.8, 4) is 33.9 Å². The fourth-order valence-electron chi connectivity index (χ4n) is 5.62. The summed E-state index contributed by atoms with van der Waals surface area (Å²) in [5, 5.41) is 14.6. The molecule has 1 N–H and O–H groups in total. The number of hydrogen-bond acceptors (Lipinski definition) is 6. The van der Waals surface area contributed by atoms with Gasteiger partial charge in [-0.05, 0) is 65.1 Å². The van der Waals surface area contributed by atoms with Crippen LogP contribution in [0.3, 0.4) is 0 Å². The second-order valence-corrected chi connectivity index (χ2v) is 10.3. The van der Waals surface area contributed by atoms with Gasteiger partial charge in [0.15, 0.2) is 5.65 Å². The number of benzene rings is 3. The molecule has 0 spiro atoms. The van der Waals surface area contributed by atoms with E-state index in [4.69, 9.17) is 9.97 Å². The smallest absolute Gasteiger partial charge is 0.205 e. The van der Waals surface area contributed by atoms with Crippen LogP contribution in [0.2, 0.25) is 0 Å². The standard InChI is InChI=1S/C32H29N9/c1-4-8-28-35-29-20(2)17-23(31-34-26-11-7-16-33-32(26)40(31)3)18-27(29)41(28)19-21-12-14-22(15-13-21)24-9-5-6-10-25(24)30-36-38-39-37-30/h5-7,9-18H,4,8,19H2,1-3H3,(H,36,37,38,39). The van der Waals surface area contributed by atoms with Gasteiger partial charge in [0.05, 0.1) is 11.0 Å². The predicted molar refractivity (Wildman–Crippen MR) is 160 cm³/mol. The number of aromatic amines is 1. The van der Waals surface area contributed by atoms with E-state index < -0.39 is 0 Å². The summed E-state index contributed by atoms with van der Waals surface area (Å²) in [7, 11) is 2.02. The number of H-pyrrole nitrogens is 1. The number of imidazole rings is 2. The molecule has 41 heavy (non-hydrogen) atoms. The summed E-state index contributed by atoms with van der Waals surface area (Å²) in [5.41, 5.74) is 10.5. The highest BCUT2D eigenvalue weighted by Crippen LogP contribution is 2.32. The van der Waals surface area contributed by atoms with E-state index in [1.807, 2.05) is 43.6 Å². The maximum absolute atomic E-state index is 5.10. The Bertz CT molecular complexity index is 2000. The molecule has 9 nitrogen and oxygen atoms in total. The van der Waals surface area contributed by atoms with Crippen molar-refractivity contribution in [2.45, 2.75) is 33.2 Å². The molecule has 0 aliphatic heterocycles. The van der Waals surface area contributed by atoms with E-state index in [2.05, 4.69) is 91.1 Å². The number of hydrogen-bond donors (Lipinski definition) is 1. The SMILES string of the molecule is CCCc1nc2c(C)cc(-c3nc4cccnc4n3C)cc2n1Cc1ccc(-c2ccccc2-c2nn[nH]n2)cc1. The summed E-state index contributed by atoms with van der Waals surface area (Å²) in [6.07, 6.45) is 3.75. The molecule has 0 aliphatic rings. The first-order valence-corrected chi connectivity index (χ1v) is 13.8. The Labute approximate surface area is 236 Å². The van der Waals surface area contributed by atoms with Crippen molar-refractivity contribution in [3.05, 3.63) is 95.9 Å². The lowest BCUT2D eigenvalue weighted by Crippen LogP contribution is -2.05. The molecule has 0 aliphatic carbocycles. The number of pyridine rings is 1. The zero-order valence-corrected chi connectivity index (χ0v) is 23.2. The largest absolute Gasteiger partial charge is 0.323 e. The Morgan fingerprint density at radius 1 is 0.878 bits per heavy atom. The van der Waals surface area contributed by atoms with Gasteiger partial charge in [0.1, 0.15) is 17.2 Å². The molecule has 7 aromatic rings. The molecule has 0 atom stereocenters. The molecule has 0 saturated carbocycles. The van der Waals surface area contributed by atoms with Crippen molar-refractivity contribution in [1.29, 1.82) is 0 Å². The molecule has 0 bridgehead atoms. The van der Waals surface area contributed by atoms with Gasteiger partial charge in [0.2, 0.25) is 5.82 Å². The van der Waals surface area contributed by atoms with Crippen molar-refractivity contribution in [2.75, 3.05) is 0 Å². The summed E-state index contributed by atoms with van der Waals surface area (Å²) in [6.45, 7) is 5.06. The third-order valence-corrected chi connectivity index (χ3v) is 7.60. The summed E-state index contributed by atoms with van der Waals surface area (Å²) in [4.78, 5) is 14.5. The monoisotopic (exact) mass is 539 g/mol. The van der Waals surface area contributed by atoms with Crippen molar-refractivity contribution in [1.82, 2.24) is 44.7 Å². The maximum Gasteiger partial charge on any atom is 0.205 e. The van der Waals surface area contributed by atoms with Gasteiger partial charge in [0, 0.05) is 37.3 Å². The van der Waals surface area contributed by atoms with Crippen molar-refractivity contribution in [2.24, 2.45) is 7.05 Å². The Balaban J connectivity index is 1.28. The van der Waals surface area contributed by atoms with Crippen LogP contribution in [0.1, 0.15) is 30.3 Å². The molecule has 9 heteroatoms. The van der Waals surface area contributed by atoms with Crippen molar-refractivity contribution >= 4 is 22.2 Å². The van der Waals surface area contributed by atoms with E-state index in [1.165, 1.54) is 5.56 Å². The zero-order valence-electron chi connectivity index (χ0n) is 23.2. The molecular weight excluding hydrogens is 510 g/mol. The van der Waals surface area contributed by atoms with Crippen LogP contribution >= 0.6 is 0 Å². The molecule has 0 amide bonds. The van der Waals surface area contributed by atoms with Gasteiger partial charge in [-0.25, -0.2) is 15.0 Å². The summed E-state index contributed by atoms with van der Waals surface area (Å²) < 4.78 is 4.42. The van der Waals surface area contributed by atoms with Crippen LogP contribution in [-0.4, -0.2) is 44.7 Å². The average Bonchev–Trinajstić information content (AvgIpc) is 3.73. The fraction of sp³-hybridized carbons (Fsp3) is 0.188. The minimum absolute atomic E-state index is 0.585. The number of tetrazole rings is 1. The third kappa shape index (κ3) is 4.35. The van der Waals surface area contributed by atoms with Crippen LogP contribution in [0, 0.1) is 6.92 Å². The topological polar surface area (TPSA) is 103 Å². The molecule has 0 unspecified atom stereocenters. The minimum atomic E-state index is 0.585. The number of nitrogens with zero attached hydrogens (tertiary/aromatic N) is 8. The number of fused-ring (bicyclic) bond motifs is 2. The van der Waals surface area contributed by atoms with Crippen LogP contribution in [-0.2, 0) is 20.0 Å². The Morgan fingerprint density at radius 2 is 1.71 bits per heavy atom. The van der Waals surface area contributed by atoms with E-state index in [0.717, 1.165) is 81.0 Å². The number of rotatable bonds is 7. The fourth-order valence-corrected chi connectivity index (χ4v) is 5.62. The highest BCUT2D eigenvalue weighted by molar-refractivity contribution is 5.87. The van der Waals surface area contributed by atoms with Crippen molar-refractivity contribution < 1.29 is 0 Å². The molecular formula is C32H29N9.